The fourth-order valence-corrected chi connectivity index (χ4v) is 2.58. The van der Waals surface area contributed by atoms with Gasteiger partial charge >= 0.3 is 11.9 Å². The van der Waals surface area contributed by atoms with Gasteiger partial charge in [0.25, 0.3) is 0 Å². The van der Waals surface area contributed by atoms with Crippen LogP contribution in [-0.4, -0.2) is 23.1 Å². The molecule has 100 valence electrons. The molecule has 0 fully saturated rings. The zero-order chi connectivity index (χ0) is 14.0. The lowest BCUT2D eigenvalue weighted by Crippen LogP contribution is -2.25. The SMILES string of the molecule is CCC(OC(=O)c1cc2cc(N)ccc2s1)C(=O)O. The lowest BCUT2D eigenvalue weighted by Gasteiger charge is -2.09. The molecule has 1 heterocycles. The molecule has 0 aliphatic carbocycles. The van der Waals surface area contributed by atoms with Crippen molar-refractivity contribution in [3.8, 4) is 0 Å². The van der Waals surface area contributed by atoms with E-state index in [1.807, 2.05) is 6.07 Å². The number of carbonyl (C=O) groups excluding carboxylic acids is 1. The molecule has 0 aliphatic rings. The molecule has 1 aromatic carbocycles. The smallest absolute Gasteiger partial charge is 0.349 e. The molecule has 19 heavy (non-hydrogen) atoms. The third kappa shape index (κ3) is 2.85. The Morgan fingerprint density at radius 2 is 2.16 bits per heavy atom. The van der Waals surface area contributed by atoms with Crippen molar-refractivity contribution in [2.45, 2.75) is 19.4 Å². The summed E-state index contributed by atoms with van der Waals surface area (Å²) in [5.74, 6) is -1.75. The fraction of sp³-hybridized carbons (Fsp3) is 0.231. The third-order valence-electron chi connectivity index (χ3n) is 2.64. The second-order valence-electron chi connectivity index (χ2n) is 4.05. The summed E-state index contributed by atoms with van der Waals surface area (Å²) in [6.45, 7) is 1.65. The number of carboxylic acids is 1. The van der Waals surface area contributed by atoms with Gasteiger partial charge < -0.3 is 15.6 Å². The maximum Gasteiger partial charge on any atom is 0.349 e. The standard InChI is InChI=1S/C13H13NO4S/c1-2-9(12(15)16)18-13(17)11-6-7-5-8(14)3-4-10(7)19-11/h3-6,9H,2,14H2,1H3,(H,15,16). The van der Waals surface area contributed by atoms with Crippen LogP contribution in [-0.2, 0) is 9.53 Å². The van der Waals surface area contributed by atoms with Gasteiger partial charge in [-0.3, -0.25) is 0 Å². The number of benzene rings is 1. The van der Waals surface area contributed by atoms with E-state index < -0.39 is 18.0 Å². The minimum Gasteiger partial charge on any atom is -0.479 e. The number of ether oxygens (including phenoxy) is 1. The van der Waals surface area contributed by atoms with Crippen LogP contribution >= 0.6 is 11.3 Å². The number of hydrogen-bond donors (Lipinski definition) is 2. The molecule has 1 aromatic heterocycles. The second-order valence-corrected chi connectivity index (χ2v) is 5.13. The lowest BCUT2D eigenvalue weighted by atomic mass is 10.2. The first-order valence-corrected chi connectivity index (χ1v) is 6.55. The highest BCUT2D eigenvalue weighted by Crippen LogP contribution is 2.28. The summed E-state index contributed by atoms with van der Waals surface area (Å²) in [5, 5.41) is 9.70. The maximum absolute atomic E-state index is 11.9. The molecule has 2 rings (SSSR count). The Balaban J connectivity index is 2.24. The zero-order valence-corrected chi connectivity index (χ0v) is 11.1. The first-order valence-electron chi connectivity index (χ1n) is 5.74. The van der Waals surface area contributed by atoms with Crippen LogP contribution < -0.4 is 5.73 Å². The Labute approximate surface area is 113 Å². The Hall–Kier alpha value is -2.08. The van der Waals surface area contributed by atoms with E-state index >= 15 is 0 Å². The molecular formula is C13H13NO4S. The molecule has 3 N–H and O–H groups in total. The molecule has 0 radical (unpaired) electrons. The average molecular weight is 279 g/mol. The topological polar surface area (TPSA) is 89.6 Å². The van der Waals surface area contributed by atoms with E-state index in [-0.39, 0.29) is 6.42 Å². The van der Waals surface area contributed by atoms with Crippen LogP contribution in [0.4, 0.5) is 5.69 Å². The predicted octanol–water partition coefficient (Wildman–Crippen LogP) is 2.50. The first kappa shape index (κ1) is 13.4. The third-order valence-corrected chi connectivity index (χ3v) is 3.73. The summed E-state index contributed by atoms with van der Waals surface area (Å²) in [6, 6.07) is 6.99. The van der Waals surface area contributed by atoms with Gasteiger partial charge in [-0.15, -0.1) is 11.3 Å². The molecular weight excluding hydrogens is 266 g/mol. The molecule has 6 heteroatoms. The predicted molar refractivity (Wildman–Crippen MR) is 73.4 cm³/mol. The van der Waals surface area contributed by atoms with Crippen molar-refractivity contribution in [3.05, 3.63) is 29.1 Å². The van der Waals surface area contributed by atoms with E-state index in [0.29, 0.717) is 10.6 Å². The van der Waals surface area contributed by atoms with Crippen molar-refractivity contribution >= 4 is 39.0 Å². The summed E-state index contributed by atoms with van der Waals surface area (Å²) in [5.41, 5.74) is 6.28. The lowest BCUT2D eigenvalue weighted by molar-refractivity contribution is -0.147. The second kappa shape index (κ2) is 5.27. The van der Waals surface area contributed by atoms with Crippen LogP contribution in [0.1, 0.15) is 23.0 Å². The number of thiophene rings is 1. The highest BCUT2D eigenvalue weighted by Gasteiger charge is 2.22. The largest absolute Gasteiger partial charge is 0.479 e. The molecule has 0 saturated heterocycles. The number of aliphatic carboxylic acids is 1. The number of rotatable bonds is 4. The number of esters is 1. The maximum atomic E-state index is 11.9. The van der Waals surface area contributed by atoms with E-state index in [1.54, 1.807) is 25.1 Å². The van der Waals surface area contributed by atoms with Gasteiger partial charge in [0.15, 0.2) is 6.10 Å². The van der Waals surface area contributed by atoms with Crippen LogP contribution in [0, 0.1) is 0 Å². The van der Waals surface area contributed by atoms with Gasteiger partial charge in [-0.2, -0.15) is 0 Å². The highest BCUT2D eigenvalue weighted by molar-refractivity contribution is 7.20. The molecule has 0 bridgehead atoms. The Morgan fingerprint density at radius 3 is 2.79 bits per heavy atom. The number of nitrogens with two attached hydrogens (primary N) is 1. The highest BCUT2D eigenvalue weighted by atomic mass is 32.1. The molecule has 0 amide bonds. The number of hydrogen-bond acceptors (Lipinski definition) is 5. The minimum absolute atomic E-state index is 0.235. The van der Waals surface area contributed by atoms with Crippen LogP contribution in [0.3, 0.4) is 0 Å². The van der Waals surface area contributed by atoms with Gasteiger partial charge in [-0.1, -0.05) is 6.92 Å². The van der Waals surface area contributed by atoms with Gasteiger partial charge in [0.05, 0.1) is 0 Å². The summed E-state index contributed by atoms with van der Waals surface area (Å²) in [6.07, 6.45) is -0.873. The van der Waals surface area contributed by atoms with Crippen molar-refractivity contribution < 1.29 is 19.4 Å². The van der Waals surface area contributed by atoms with E-state index in [9.17, 15) is 9.59 Å². The normalized spacial score (nSPS) is 12.3. The van der Waals surface area contributed by atoms with E-state index in [0.717, 1.165) is 10.1 Å². The molecule has 0 saturated carbocycles. The van der Waals surface area contributed by atoms with Crippen molar-refractivity contribution in [2.24, 2.45) is 0 Å². The monoisotopic (exact) mass is 279 g/mol. The van der Waals surface area contributed by atoms with Gasteiger partial charge in [0.1, 0.15) is 4.88 Å². The number of carboxylic acid groups (broad SMARTS) is 1. The molecule has 1 atom stereocenters. The molecule has 0 aliphatic heterocycles. The Bertz CT molecular complexity index is 635. The van der Waals surface area contributed by atoms with Crippen molar-refractivity contribution in [2.75, 3.05) is 5.73 Å². The molecule has 5 nitrogen and oxygen atoms in total. The average Bonchev–Trinajstić information content (AvgIpc) is 2.78. The van der Waals surface area contributed by atoms with Crippen molar-refractivity contribution in [1.82, 2.24) is 0 Å². The van der Waals surface area contributed by atoms with Gasteiger partial charge in [0.2, 0.25) is 0 Å². The Morgan fingerprint density at radius 1 is 1.42 bits per heavy atom. The summed E-state index contributed by atoms with van der Waals surface area (Å²) in [4.78, 5) is 23.1. The van der Waals surface area contributed by atoms with Crippen LogP contribution in [0.5, 0.6) is 0 Å². The van der Waals surface area contributed by atoms with E-state index in [1.165, 1.54) is 11.3 Å². The summed E-state index contributed by atoms with van der Waals surface area (Å²) in [7, 11) is 0. The van der Waals surface area contributed by atoms with Gasteiger partial charge in [-0.25, -0.2) is 9.59 Å². The Kier molecular flexibility index (Phi) is 3.71. The summed E-state index contributed by atoms with van der Waals surface area (Å²) >= 11 is 1.26. The van der Waals surface area contributed by atoms with E-state index in [4.69, 9.17) is 15.6 Å². The van der Waals surface area contributed by atoms with Crippen LogP contribution in [0.2, 0.25) is 0 Å². The molecule has 2 aromatic rings. The first-order chi connectivity index (χ1) is 9.01. The van der Waals surface area contributed by atoms with Crippen molar-refractivity contribution in [1.29, 1.82) is 0 Å². The zero-order valence-electron chi connectivity index (χ0n) is 10.3. The number of anilines is 1. The molecule has 1 unspecified atom stereocenters. The fourth-order valence-electron chi connectivity index (χ4n) is 1.66. The van der Waals surface area contributed by atoms with Crippen LogP contribution in [0.25, 0.3) is 10.1 Å². The summed E-state index contributed by atoms with van der Waals surface area (Å²) < 4.78 is 5.85. The quantitative estimate of drug-likeness (QED) is 0.663. The van der Waals surface area contributed by atoms with Crippen molar-refractivity contribution in [3.63, 3.8) is 0 Å². The number of carbonyl (C=O) groups is 2. The van der Waals surface area contributed by atoms with Crippen LogP contribution in [0.15, 0.2) is 24.3 Å². The van der Waals surface area contributed by atoms with Gasteiger partial charge in [-0.05, 0) is 36.1 Å². The minimum atomic E-state index is -1.14. The number of nitrogen functional groups attached to an aromatic ring is 1. The molecule has 0 spiro atoms. The van der Waals surface area contributed by atoms with E-state index in [2.05, 4.69) is 0 Å². The number of fused-ring (bicyclic) bond motifs is 1. The van der Waals surface area contributed by atoms with Gasteiger partial charge in [0, 0.05) is 10.4 Å².